The van der Waals surface area contributed by atoms with Gasteiger partial charge in [0.1, 0.15) is 21.8 Å². The SMILES string of the molecule is NC(=O)OCCNC(=O)c1sc2nccnc2c1N. The number of rotatable bonds is 4. The van der Waals surface area contributed by atoms with Gasteiger partial charge in [-0.15, -0.1) is 11.3 Å². The molecule has 5 N–H and O–H groups in total. The van der Waals surface area contributed by atoms with Crippen LogP contribution in [0.1, 0.15) is 9.67 Å². The van der Waals surface area contributed by atoms with Crippen molar-refractivity contribution in [1.82, 2.24) is 15.3 Å². The summed E-state index contributed by atoms with van der Waals surface area (Å²) in [6, 6.07) is 0. The van der Waals surface area contributed by atoms with Crippen molar-refractivity contribution in [2.24, 2.45) is 5.73 Å². The predicted molar refractivity (Wildman–Crippen MR) is 69.7 cm³/mol. The molecule has 2 heterocycles. The number of nitrogens with one attached hydrogen (secondary N) is 1. The van der Waals surface area contributed by atoms with Gasteiger partial charge in [0.2, 0.25) is 0 Å². The lowest BCUT2D eigenvalue weighted by Gasteiger charge is -2.04. The number of carbonyl (C=O) groups excluding carboxylic acids is 2. The first-order valence-electron chi connectivity index (χ1n) is 5.29. The average molecular weight is 281 g/mol. The van der Waals surface area contributed by atoms with Crippen LogP contribution in [0, 0.1) is 0 Å². The fourth-order valence-corrected chi connectivity index (χ4v) is 2.35. The van der Waals surface area contributed by atoms with E-state index in [1.54, 1.807) is 0 Å². The highest BCUT2D eigenvalue weighted by Gasteiger charge is 2.17. The summed E-state index contributed by atoms with van der Waals surface area (Å²) in [5.41, 5.74) is 11.4. The monoisotopic (exact) mass is 281 g/mol. The second kappa shape index (κ2) is 5.48. The number of nitrogens with two attached hydrogens (primary N) is 2. The van der Waals surface area contributed by atoms with E-state index in [1.165, 1.54) is 12.4 Å². The predicted octanol–water partition coefficient (Wildman–Crippen LogP) is 0.0986. The molecule has 0 atom stereocenters. The normalized spacial score (nSPS) is 10.3. The first kappa shape index (κ1) is 13.0. The molecule has 0 radical (unpaired) electrons. The molecule has 100 valence electrons. The molecule has 9 heteroatoms. The number of primary amides is 1. The van der Waals surface area contributed by atoms with Gasteiger partial charge in [0.05, 0.1) is 12.2 Å². The number of hydrogen-bond acceptors (Lipinski definition) is 7. The number of thiophene rings is 1. The van der Waals surface area contributed by atoms with Crippen LogP contribution in [0.25, 0.3) is 10.3 Å². The van der Waals surface area contributed by atoms with Crippen molar-refractivity contribution in [2.75, 3.05) is 18.9 Å². The van der Waals surface area contributed by atoms with E-state index in [0.29, 0.717) is 20.9 Å². The van der Waals surface area contributed by atoms with E-state index in [-0.39, 0.29) is 19.1 Å². The third-order valence-electron chi connectivity index (χ3n) is 2.20. The molecular formula is C10H11N5O3S. The molecule has 0 fully saturated rings. The lowest BCUT2D eigenvalue weighted by atomic mass is 10.3. The lowest BCUT2D eigenvalue weighted by Crippen LogP contribution is -2.28. The number of nitrogen functional groups attached to an aromatic ring is 1. The van der Waals surface area contributed by atoms with E-state index in [2.05, 4.69) is 20.0 Å². The van der Waals surface area contributed by atoms with Crippen molar-refractivity contribution in [3.63, 3.8) is 0 Å². The number of nitrogens with zero attached hydrogens (tertiary/aromatic N) is 2. The molecule has 2 aromatic heterocycles. The third-order valence-corrected chi connectivity index (χ3v) is 3.30. The number of anilines is 1. The maximum Gasteiger partial charge on any atom is 0.404 e. The summed E-state index contributed by atoms with van der Waals surface area (Å²) in [6.07, 6.45) is 2.15. The maximum absolute atomic E-state index is 11.9. The van der Waals surface area contributed by atoms with Gasteiger partial charge in [0, 0.05) is 12.4 Å². The lowest BCUT2D eigenvalue weighted by molar-refractivity contribution is 0.0941. The van der Waals surface area contributed by atoms with Gasteiger partial charge in [0.15, 0.2) is 0 Å². The summed E-state index contributed by atoms with van der Waals surface area (Å²) in [5.74, 6) is -0.365. The summed E-state index contributed by atoms with van der Waals surface area (Å²) in [5, 5.41) is 2.56. The highest BCUT2D eigenvalue weighted by molar-refractivity contribution is 7.21. The second-order valence-corrected chi connectivity index (χ2v) is 4.48. The Morgan fingerprint density at radius 3 is 2.79 bits per heavy atom. The van der Waals surface area contributed by atoms with Crippen LogP contribution in [0.3, 0.4) is 0 Å². The molecule has 0 aliphatic heterocycles. The van der Waals surface area contributed by atoms with Crippen LogP contribution in [0.4, 0.5) is 10.5 Å². The van der Waals surface area contributed by atoms with Crippen molar-refractivity contribution < 1.29 is 14.3 Å². The zero-order valence-electron chi connectivity index (χ0n) is 9.75. The molecule has 2 aromatic rings. The van der Waals surface area contributed by atoms with E-state index in [4.69, 9.17) is 11.5 Å². The Balaban J connectivity index is 2.05. The minimum Gasteiger partial charge on any atom is -0.448 e. The molecule has 2 amide bonds. The number of hydrogen-bond donors (Lipinski definition) is 3. The smallest absolute Gasteiger partial charge is 0.404 e. The Bertz CT molecular complexity index is 627. The molecule has 0 aliphatic rings. The van der Waals surface area contributed by atoms with Crippen LogP contribution in [-0.2, 0) is 4.74 Å². The molecule has 19 heavy (non-hydrogen) atoms. The van der Waals surface area contributed by atoms with Gasteiger partial charge < -0.3 is 21.5 Å². The summed E-state index contributed by atoms with van der Waals surface area (Å²) in [4.78, 5) is 31.3. The molecule has 2 rings (SSSR count). The molecule has 8 nitrogen and oxygen atoms in total. The van der Waals surface area contributed by atoms with Crippen molar-refractivity contribution in [3.8, 4) is 0 Å². The van der Waals surface area contributed by atoms with Gasteiger partial charge in [-0.3, -0.25) is 4.79 Å². The average Bonchev–Trinajstić information content (AvgIpc) is 2.72. The third kappa shape index (κ3) is 2.88. The quantitative estimate of drug-likeness (QED) is 0.680. The van der Waals surface area contributed by atoms with Crippen molar-refractivity contribution in [1.29, 1.82) is 0 Å². The minimum absolute atomic E-state index is 0.00235. The van der Waals surface area contributed by atoms with Crippen LogP contribution >= 0.6 is 11.3 Å². The Morgan fingerprint density at radius 1 is 1.37 bits per heavy atom. The molecule has 0 aromatic carbocycles. The fraction of sp³-hybridized carbons (Fsp3) is 0.200. The molecule has 0 saturated heterocycles. The number of aromatic nitrogens is 2. The zero-order chi connectivity index (χ0) is 13.8. The van der Waals surface area contributed by atoms with E-state index in [0.717, 1.165) is 11.3 Å². The van der Waals surface area contributed by atoms with E-state index in [9.17, 15) is 9.59 Å². The first-order chi connectivity index (χ1) is 9.09. The van der Waals surface area contributed by atoms with Gasteiger partial charge in [-0.2, -0.15) is 0 Å². The summed E-state index contributed by atoms with van der Waals surface area (Å²) < 4.78 is 4.49. The fourth-order valence-electron chi connectivity index (χ4n) is 1.41. The Labute approximate surface area is 111 Å². The van der Waals surface area contributed by atoms with Crippen molar-refractivity contribution >= 4 is 39.4 Å². The second-order valence-electron chi connectivity index (χ2n) is 3.48. The van der Waals surface area contributed by atoms with E-state index < -0.39 is 6.09 Å². The minimum atomic E-state index is -0.885. The molecular weight excluding hydrogens is 270 g/mol. The highest BCUT2D eigenvalue weighted by Crippen LogP contribution is 2.29. The number of carbonyl (C=O) groups is 2. The Kier molecular flexibility index (Phi) is 3.76. The first-order valence-corrected chi connectivity index (χ1v) is 6.10. The summed E-state index contributed by atoms with van der Waals surface area (Å²) in [6.45, 7) is 0.151. The van der Waals surface area contributed by atoms with Crippen molar-refractivity contribution in [2.45, 2.75) is 0 Å². The van der Waals surface area contributed by atoms with Crippen LogP contribution in [0.2, 0.25) is 0 Å². The maximum atomic E-state index is 11.9. The number of fused-ring (bicyclic) bond motifs is 1. The van der Waals surface area contributed by atoms with Gasteiger partial charge in [-0.25, -0.2) is 14.8 Å². The van der Waals surface area contributed by atoms with Crippen LogP contribution < -0.4 is 16.8 Å². The molecule has 0 spiro atoms. The molecule has 0 bridgehead atoms. The van der Waals surface area contributed by atoms with Gasteiger partial charge in [-0.05, 0) is 0 Å². The van der Waals surface area contributed by atoms with Crippen LogP contribution in [0.15, 0.2) is 12.4 Å². The summed E-state index contributed by atoms with van der Waals surface area (Å²) >= 11 is 1.15. The van der Waals surface area contributed by atoms with Gasteiger partial charge in [-0.1, -0.05) is 0 Å². The van der Waals surface area contributed by atoms with E-state index in [1.807, 2.05) is 0 Å². The Hall–Kier alpha value is -2.42. The molecule has 0 unspecified atom stereocenters. The summed E-state index contributed by atoms with van der Waals surface area (Å²) in [7, 11) is 0. The van der Waals surface area contributed by atoms with E-state index >= 15 is 0 Å². The van der Waals surface area contributed by atoms with Crippen LogP contribution in [-0.4, -0.2) is 35.1 Å². The molecule has 0 aliphatic carbocycles. The molecule has 0 saturated carbocycles. The zero-order valence-corrected chi connectivity index (χ0v) is 10.6. The number of ether oxygens (including phenoxy) is 1. The standard InChI is InChI=1S/C10H11N5O3S/c11-5-6-9(15-2-1-13-6)19-7(5)8(16)14-3-4-18-10(12)17/h1-2H,3-4,11H2,(H2,12,17)(H,14,16). The Morgan fingerprint density at radius 2 is 2.11 bits per heavy atom. The highest BCUT2D eigenvalue weighted by atomic mass is 32.1. The van der Waals surface area contributed by atoms with Crippen LogP contribution in [0.5, 0.6) is 0 Å². The van der Waals surface area contributed by atoms with Crippen molar-refractivity contribution in [3.05, 3.63) is 17.3 Å². The number of amides is 2. The van der Waals surface area contributed by atoms with Gasteiger partial charge >= 0.3 is 6.09 Å². The largest absolute Gasteiger partial charge is 0.448 e. The topological polar surface area (TPSA) is 133 Å². The van der Waals surface area contributed by atoms with Gasteiger partial charge in [0.25, 0.3) is 5.91 Å².